The van der Waals surface area contributed by atoms with Gasteiger partial charge in [0.2, 0.25) is 0 Å². The van der Waals surface area contributed by atoms with Gasteiger partial charge in [0.15, 0.2) is 0 Å². The number of methoxy groups -OCH3 is 1. The third-order valence-electron chi connectivity index (χ3n) is 4.41. The molecular formula is C21H27N3O4S. The maximum Gasteiger partial charge on any atom is 0.264 e. The third-order valence-corrected chi connectivity index (χ3v) is 6.20. The molecule has 0 radical (unpaired) electrons. The Labute approximate surface area is 172 Å². The monoisotopic (exact) mass is 417 g/mol. The number of carbonyl (C=O) groups is 1. The van der Waals surface area contributed by atoms with Crippen molar-refractivity contribution in [3.63, 3.8) is 0 Å². The summed E-state index contributed by atoms with van der Waals surface area (Å²) < 4.78 is 32.6. The van der Waals surface area contributed by atoms with Crippen LogP contribution in [0.3, 0.4) is 0 Å². The molecule has 0 aliphatic carbocycles. The summed E-state index contributed by atoms with van der Waals surface area (Å²) in [7, 11) is -2.47. The molecule has 0 fully saturated rings. The van der Waals surface area contributed by atoms with Crippen LogP contribution in [0.25, 0.3) is 0 Å². The van der Waals surface area contributed by atoms with Crippen molar-refractivity contribution >= 4 is 27.3 Å². The molecule has 0 aliphatic rings. The van der Waals surface area contributed by atoms with Gasteiger partial charge in [0, 0.05) is 11.1 Å². The Bertz CT molecular complexity index is 963. The van der Waals surface area contributed by atoms with Gasteiger partial charge in [-0.25, -0.2) is 13.8 Å². The third kappa shape index (κ3) is 5.80. The molecule has 0 bridgehead atoms. The first kappa shape index (κ1) is 22.4. The van der Waals surface area contributed by atoms with E-state index in [2.05, 4.69) is 10.5 Å². The van der Waals surface area contributed by atoms with Crippen molar-refractivity contribution in [2.75, 3.05) is 18.0 Å². The van der Waals surface area contributed by atoms with Crippen LogP contribution in [-0.4, -0.2) is 33.7 Å². The number of rotatable bonds is 7. The lowest BCUT2D eigenvalue weighted by atomic mass is 9.91. The Hall–Kier alpha value is -2.87. The Morgan fingerprint density at radius 2 is 1.66 bits per heavy atom. The number of hydrogen-bond donors (Lipinski definition) is 1. The maximum atomic E-state index is 13.2. The van der Waals surface area contributed by atoms with Gasteiger partial charge in [0.1, 0.15) is 12.3 Å². The molecule has 29 heavy (non-hydrogen) atoms. The number of sulfonamides is 1. The van der Waals surface area contributed by atoms with E-state index < -0.39 is 22.5 Å². The molecule has 2 aromatic rings. The van der Waals surface area contributed by atoms with Crippen molar-refractivity contribution in [2.24, 2.45) is 10.5 Å². The molecule has 7 nitrogen and oxygen atoms in total. The van der Waals surface area contributed by atoms with E-state index in [-0.39, 0.29) is 10.3 Å². The van der Waals surface area contributed by atoms with Crippen molar-refractivity contribution in [1.82, 2.24) is 5.43 Å². The second-order valence-electron chi connectivity index (χ2n) is 7.50. The molecule has 8 heteroatoms. The van der Waals surface area contributed by atoms with Crippen LogP contribution in [0.5, 0.6) is 5.75 Å². The minimum Gasteiger partial charge on any atom is -0.497 e. The summed E-state index contributed by atoms with van der Waals surface area (Å²) in [5.41, 5.74) is 3.36. The molecule has 1 amide bonds. The second-order valence-corrected chi connectivity index (χ2v) is 9.37. The SMILES string of the molecule is COc1ccc(S(=O)(=O)N(CC(=O)N/N=C(/C)C(C)(C)C)c2ccccc2)cc1. The number of ether oxygens (including phenoxy) is 1. The van der Waals surface area contributed by atoms with Gasteiger partial charge in [0.25, 0.3) is 15.9 Å². The average Bonchev–Trinajstić information content (AvgIpc) is 2.70. The smallest absolute Gasteiger partial charge is 0.264 e. The van der Waals surface area contributed by atoms with E-state index in [1.54, 1.807) is 42.5 Å². The summed E-state index contributed by atoms with van der Waals surface area (Å²) in [4.78, 5) is 12.6. The number of benzene rings is 2. The summed E-state index contributed by atoms with van der Waals surface area (Å²) in [6, 6.07) is 14.5. The predicted molar refractivity (Wildman–Crippen MR) is 115 cm³/mol. The van der Waals surface area contributed by atoms with E-state index in [1.165, 1.54) is 19.2 Å². The zero-order valence-electron chi connectivity index (χ0n) is 17.3. The van der Waals surface area contributed by atoms with Crippen LogP contribution in [0.1, 0.15) is 27.7 Å². The number of anilines is 1. The van der Waals surface area contributed by atoms with Gasteiger partial charge >= 0.3 is 0 Å². The molecule has 0 aliphatic heterocycles. The van der Waals surface area contributed by atoms with Crippen LogP contribution < -0.4 is 14.5 Å². The van der Waals surface area contributed by atoms with Crippen molar-refractivity contribution in [1.29, 1.82) is 0 Å². The Balaban J connectivity index is 2.34. The Morgan fingerprint density at radius 1 is 1.07 bits per heavy atom. The first-order chi connectivity index (χ1) is 13.6. The Kier molecular flexibility index (Phi) is 7.02. The zero-order chi connectivity index (χ0) is 21.7. The summed E-state index contributed by atoms with van der Waals surface area (Å²) in [6.45, 7) is 7.33. The normalized spacial score (nSPS) is 12.4. The fourth-order valence-corrected chi connectivity index (χ4v) is 3.68. The molecule has 1 N–H and O–H groups in total. The highest BCUT2D eigenvalue weighted by Crippen LogP contribution is 2.25. The lowest BCUT2D eigenvalue weighted by molar-refractivity contribution is -0.119. The van der Waals surface area contributed by atoms with E-state index in [0.717, 1.165) is 10.0 Å². The molecule has 2 rings (SSSR count). The highest BCUT2D eigenvalue weighted by molar-refractivity contribution is 7.92. The molecule has 0 unspecified atom stereocenters. The number of nitrogens with zero attached hydrogens (tertiary/aromatic N) is 2. The fraction of sp³-hybridized carbons (Fsp3) is 0.333. The van der Waals surface area contributed by atoms with Gasteiger partial charge in [-0.2, -0.15) is 5.10 Å². The number of hydrogen-bond acceptors (Lipinski definition) is 5. The van der Waals surface area contributed by atoms with Gasteiger partial charge in [-0.15, -0.1) is 0 Å². The topological polar surface area (TPSA) is 88.1 Å². The van der Waals surface area contributed by atoms with Gasteiger partial charge < -0.3 is 4.74 Å². The average molecular weight is 418 g/mol. The molecule has 2 aromatic carbocycles. The molecule has 0 aromatic heterocycles. The number of amides is 1. The van der Waals surface area contributed by atoms with Crippen LogP contribution in [0.2, 0.25) is 0 Å². The van der Waals surface area contributed by atoms with Crippen molar-refractivity contribution in [3.8, 4) is 5.75 Å². The van der Waals surface area contributed by atoms with Crippen LogP contribution >= 0.6 is 0 Å². The van der Waals surface area contributed by atoms with Crippen molar-refractivity contribution < 1.29 is 17.9 Å². The van der Waals surface area contributed by atoms with E-state index >= 15 is 0 Å². The van der Waals surface area contributed by atoms with E-state index in [1.807, 2.05) is 27.7 Å². The van der Waals surface area contributed by atoms with E-state index in [9.17, 15) is 13.2 Å². The Morgan fingerprint density at radius 3 is 2.17 bits per heavy atom. The summed E-state index contributed by atoms with van der Waals surface area (Å²) in [5.74, 6) is 0.00878. The first-order valence-electron chi connectivity index (χ1n) is 9.11. The minimum absolute atomic E-state index is 0.0596. The molecule has 0 atom stereocenters. The van der Waals surface area contributed by atoms with Crippen molar-refractivity contribution in [2.45, 2.75) is 32.6 Å². The molecular weight excluding hydrogens is 390 g/mol. The molecule has 0 saturated heterocycles. The standard InChI is InChI=1S/C21H27N3O4S/c1-16(21(2,3)4)22-23-20(25)15-24(17-9-7-6-8-10-17)29(26,27)19-13-11-18(28-5)12-14-19/h6-14H,15H2,1-5H3,(H,23,25)/b22-16-. The summed E-state index contributed by atoms with van der Waals surface area (Å²) >= 11 is 0. The number of carbonyl (C=O) groups excluding carboxylic acids is 1. The van der Waals surface area contributed by atoms with E-state index in [0.29, 0.717) is 11.4 Å². The number of nitrogens with one attached hydrogen (secondary N) is 1. The van der Waals surface area contributed by atoms with Crippen LogP contribution in [0.15, 0.2) is 64.6 Å². The van der Waals surface area contributed by atoms with E-state index in [4.69, 9.17) is 4.74 Å². The lowest BCUT2D eigenvalue weighted by Crippen LogP contribution is -2.40. The van der Waals surface area contributed by atoms with Gasteiger partial charge in [-0.3, -0.25) is 9.10 Å². The van der Waals surface area contributed by atoms with Crippen LogP contribution in [0.4, 0.5) is 5.69 Å². The summed E-state index contributed by atoms with van der Waals surface area (Å²) in [5, 5.41) is 4.10. The molecule has 156 valence electrons. The highest BCUT2D eigenvalue weighted by atomic mass is 32.2. The maximum absolute atomic E-state index is 13.2. The number of hydrazone groups is 1. The van der Waals surface area contributed by atoms with Crippen LogP contribution in [-0.2, 0) is 14.8 Å². The largest absolute Gasteiger partial charge is 0.497 e. The first-order valence-corrected chi connectivity index (χ1v) is 10.5. The predicted octanol–water partition coefficient (Wildman–Crippen LogP) is 3.43. The molecule has 0 heterocycles. The lowest BCUT2D eigenvalue weighted by Gasteiger charge is -2.24. The van der Waals surface area contributed by atoms with Crippen molar-refractivity contribution in [3.05, 3.63) is 54.6 Å². The quantitative estimate of drug-likeness (QED) is 0.552. The van der Waals surface area contributed by atoms with Gasteiger partial charge in [-0.1, -0.05) is 39.0 Å². The second kappa shape index (κ2) is 9.09. The van der Waals surface area contributed by atoms with Crippen LogP contribution in [0, 0.1) is 5.41 Å². The highest BCUT2D eigenvalue weighted by Gasteiger charge is 2.27. The zero-order valence-corrected chi connectivity index (χ0v) is 18.2. The van der Waals surface area contributed by atoms with Gasteiger partial charge in [-0.05, 0) is 43.3 Å². The summed E-state index contributed by atoms with van der Waals surface area (Å²) in [6.07, 6.45) is 0. The molecule has 0 spiro atoms. The molecule has 0 saturated carbocycles. The number of para-hydroxylation sites is 1. The fourth-order valence-electron chi connectivity index (χ4n) is 2.26. The van der Waals surface area contributed by atoms with Gasteiger partial charge in [0.05, 0.1) is 17.7 Å². The minimum atomic E-state index is -3.97.